The maximum Gasteiger partial charge on any atom is 0.251 e. The Morgan fingerprint density at radius 3 is 1.86 bits per heavy atom. The molecule has 2 aromatic rings. The minimum absolute atomic E-state index is 0.00584. The van der Waals surface area contributed by atoms with Crippen LogP contribution in [-0.2, 0) is 19.6 Å². The second-order valence-electron chi connectivity index (χ2n) is 8.39. The lowest BCUT2D eigenvalue weighted by Gasteiger charge is -2.26. The van der Waals surface area contributed by atoms with Crippen molar-refractivity contribution in [2.75, 3.05) is 44.7 Å². The topological polar surface area (TPSA) is 134 Å². The van der Waals surface area contributed by atoms with Gasteiger partial charge < -0.3 is 20.7 Å². The Hall–Kier alpha value is -3.28. The van der Waals surface area contributed by atoms with Gasteiger partial charge in [-0.2, -0.15) is 4.31 Å². The number of rotatable bonds is 9. The number of nitrogens with zero attached hydrogens (tertiary/aromatic N) is 1. The van der Waals surface area contributed by atoms with Gasteiger partial charge in [-0.05, 0) is 61.4 Å². The molecule has 0 aromatic heterocycles. The Balaban J connectivity index is 1.21. The van der Waals surface area contributed by atoms with Crippen LogP contribution in [0.15, 0.2) is 53.4 Å². The standard InChI is InChI=1S/C24H28N4O6S/c29-22(17-3-7-20(8-4-17)27-24(31)19-1-2-19)25-11-12-26-23(30)18-5-9-21(10-6-18)35(32,33)28-13-15-34-16-14-28/h3-10,19H,1-2,11-16H2,(H,25,29)(H,26,30)(H,27,31). The molecule has 3 N–H and O–H groups in total. The van der Waals surface area contributed by atoms with Crippen LogP contribution in [0.3, 0.4) is 0 Å². The fraction of sp³-hybridized carbons (Fsp3) is 0.375. The number of hydrogen-bond donors (Lipinski definition) is 3. The number of benzene rings is 2. The summed E-state index contributed by atoms with van der Waals surface area (Å²) in [5.74, 6) is -0.553. The van der Waals surface area contributed by atoms with E-state index >= 15 is 0 Å². The van der Waals surface area contributed by atoms with Crippen LogP contribution in [-0.4, -0.2) is 69.8 Å². The second kappa shape index (κ2) is 11.0. The average Bonchev–Trinajstić information content (AvgIpc) is 3.73. The van der Waals surface area contributed by atoms with Gasteiger partial charge in [0, 0.05) is 48.9 Å². The molecule has 0 atom stereocenters. The zero-order valence-electron chi connectivity index (χ0n) is 19.2. The van der Waals surface area contributed by atoms with Crippen LogP contribution in [0.25, 0.3) is 0 Å². The summed E-state index contributed by atoms with van der Waals surface area (Å²) in [4.78, 5) is 36.6. The molecule has 2 fully saturated rings. The minimum Gasteiger partial charge on any atom is -0.379 e. The zero-order chi connectivity index (χ0) is 24.8. The van der Waals surface area contributed by atoms with Crippen molar-refractivity contribution in [1.29, 1.82) is 0 Å². The van der Waals surface area contributed by atoms with Gasteiger partial charge in [0.2, 0.25) is 15.9 Å². The largest absolute Gasteiger partial charge is 0.379 e. The van der Waals surface area contributed by atoms with E-state index in [1.165, 1.54) is 28.6 Å². The van der Waals surface area contributed by atoms with Crippen molar-refractivity contribution in [2.24, 2.45) is 5.92 Å². The molecule has 2 aromatic carbocycles. The number of hydrogen-bond acceptors (Lipinski definition) is 6. The molecule has 1 aliphatic carbocycles. The first-order valence-electron chi connectivity index (χ1n) is 11.5. The lowest BCUT2D eigenvalue weighted by Crippen LogP contribution is -2.40. The summed E-state index contributed by atoms with van der Waals surface area (Å²) >= 11 is 0. The fourth-order valence-corrected chi connectivity index (χ4v) is 4.97. The molecule has 3 amide bonds. The van der Waals surface area contributed by atoms with E-state index in [2.05, 4.69) is 16.0 Å². The Kier molecular flexibility index (Phi) is 7.79. The number of amides is 3. The fourth-order valence-electron chi connectivity index (χ4n) is 3.57. The highest BCUT2D eigenvalue weighted by molar-refractivity contribution is 7.89. The molecule has 4 rings (SSSR count). The van der Waals surface area contributed by atoms with Gasteiger partial charge in [0.15, 0.2) is 0 Å². The number of anilines is 1. The lowest BCUT2D eigenvalue weighted by molar-refractivity contribution is -0.117. The summed E-state index contributed by atoms with van der Waals surface area (Å²) in [6.45, 7) is 1.75. The number of ether oxygens (including phenoxy) is 1. The van der Waals surface area contributed by atoms with Gasteiger partial charge in [-0.1, -0.05) is 0 Å². The molecular weight excluding hydrogens is 472 g/mol. The van der Waals surface area contributed by atoms with Crippen LogP contribution in [0, 0.1) is 5.92 Å². The monoisotopic (exact) mass is 500 g/mol. The molecule has 1 aliphatic heterocycles. The number of carbonyl (C=O) groups is 3. The molecule has 35 heavy (non-hydrogen) atoms. The second-order valence-corrected chi connectivity index (χ2v) is 10.3. The first kappa shape index (κ1) is 24.8. The number of carbonyl (C=O) groups excluding carboxylic acids is 3. The highest BCUT2D eigenvalue weighted by Crippen LogP contribution is 2.30. The normalized spacial score (nSPS) is 16.3. The Morgan fingerprint density at radius 2 is 1.34 bits per heavy atom. The molecule has 0 radical (unpaired) electrons. The van der Waals surface area contributed by atoms with Crippen LogP contribution < -0.4 is 16.0 Å². The third-order valence-corrected chi connectivity index (χ3v) is 7.70. The molecule has 1 heterocycles. The maximum absolute atomic E-state index is 12.7. The maximum atomic E-state index is 12.7. The summed E-state index contributed by atoms with van der Waals surface area (Å²) in [7, 11) is -3.62. The van der Waals surface area contributed by atoms with Crippen molar-refractivity contribution >= 4 is 33.4 Å². The van der Waals surface area contributed by atoms with Crippen LogP contribution >= 0.6 is 0 Å². The quantitative estimate of drug-likeness (QED) is 0.443. The molecule has 11 heteroatoms. The van der Waals surface area contributed by atoms with Crippen molar-refractivity contribution < 1.29 is 27.5 Å². The van der Waals surface area contributed by atoms with Crippen LogP contribution in [0.2, 0.25) is 0 Å². The highest BCUT2D eigenvalue weighted by atomic mass is 32.2. The zero-order valence-corrected chi connectivity index (χ0v) is 20.0. The summed E-state index contributed by atoms with van der Waals surface area (Å²) in [5, 5.41) is 8.24. The van der Waals surface area contributed by atoms with Gasteiger partial charge in [0.25, 0.3) is 11.8 Å². The third kappa shape index (κ3) is 6.44. The van der Waals surface area contributed by atoms with E-state index in [-0.39, 0.29) is 41.6 Å². The van der Waals surface area contributed by atoms with Gasteiger partial charge in [0.05, 0.1) is 18.1 Å². The Bertz CT molecular complexity index is 1170. The number of morpholine rings is 1. The molecule has 2 aliphatic rings. The predicted molar refractivity (Wildman–Crippen MR) is 128 cm³/mol. The third-order valence-electron chi connectivity index (χ3n) is 5.78. The average molecular weight is 501 g/mol. The van der Waals surface area contributed by atoms with E-state index in [0.717, 1.165) is 12.8 Å². The number of sulfonamides is 1. The van der Waals surface area contributed by atoms with E-state index in [0.29, 0.717) is 43.1 Å². The lowest BCUT2D eigenvalue weighted by atomic mass is 10.2. The predicted octanol–water partition coefficient (Wildman–Crippen LogP) is 1.22. The molecule has 10 nitrogen and oxygen atoms in total. The molecule has 0 unspecified atom stereocenters. The van der Waals surface area contributed by atoms with E-state index in [9.17, 15) is 22.8 Å². The van der Waals surface area contributed by atoms with Crippen LogP contribution in [0.4, 0.5) is 5.69 Å². The number of nitrogens with one attached hydrogen (secondary N) is 3. The molecular formula is C24H28N4O6S. The summed E-state index contributed by atoms with van der Waals surface area (Å²) in [5.41, 5.74) is 1.41. The van der Waals surface area contributed by atoms with Crippen molar-refractivity contribution in [1.82, 2.24) is 14.9 Å². The van der Waals surface area contributed by atoms with Crippen molar-refractivity contribution in [2.45, 2.75) is 17.7 Å². The molecule has 0 bridgehead atoms. The van der Waals surface area contributed by atoms with E-state index < -0.39 is 10.0 Å². The van der Waals surface area contributed by atoms with E-state index in [4.69, 9.17) is 4.74 Å². The summed E-state index contributed by atoms with van der Waals surface area (Å²) in [6.07, 6.45) is 1.84. The molecule has 186 valence electrons. The highest BCUT2D eigenvalue weighted by Gasteiger charge is 2.29. The van der Waals surface area contributed by atoms with Gasteiger partial charge >= 0.3 is 0 Å². The Labute approximate surface area is 204 Å². The van der Waals surface area contributed by atoms with Crippen LogP contribution in [0.1, 0.15) is 33.6 Å². The van der Waals surface area contributed by atoms with Crippen molar-refractivity contribution in [3.05, 3.63) is 59.7 Å². The summed E-state index contributed by atoms with van der Waals surface area (Å²) < 4.78 is 31.9. The van der Waals surface area contributed by atoms with Crippen molar-refractivity contribution in [3.8, 4) is 0 Å². The summed E-state index contributed by atoms with van der Waals surface area (Å²) in [6, 6.07) is 12.4. The SMILES string of the molecule is O=C(NCCNC(=O)c1ccc(S(=O)(=O)N2CCOCC2)cc1)c1ccc(NC(=O)C2CC2)cc1. The van der Waals surface area contributed by atoms with Crippen molar-refractivity contribution in [3.63, 3.8) is 0 Å². The smallest absolute Gasteiger partial charge is 0.251 e. The van der Waals surface area contributed by atoms with E-state index in [1.54, 1.807) is 24.3 Å². The van der Waals surface area contributed by atoms with Gasteiger partial charge in [-0.15, -0.1) is 0 Å². The minimum atomic E-state index is -3.62. The molecule has 1 saturated carbocycles. The van der Waals surface area contributed by atoms with Gasteiger partial charge in [-0.25, -0.2) is 8.42 Å². The van der Waals surface area contributed by atoms with Gasteiger partial charge in [-0.3, -0.25) is 14.4 Å². The van der Waals surface area contributed by atoms with E-state index in [1.807, 2.05) is 0 Å². The molecule has 0 spiro atoms. The molecule has 1 saturated heterocycles. The Morgan fingerprint density at radius 1 is 0.829 bits per heavy atom. The first-order chi connectivity index (χ1) is 16.8. The van der Waals surface area contributed by atoms with Crippen LogP contribution in [0.5, 0.6) is 0 Å². The first-order valence-corrected chi connectivity index (χ1v) is 12.9. The van der Waals surface area contributed by atoms with Gasteiger partial charge in [0.1, 0.15) is 0 Å².